The summed E-state index contributed by atoms with van der Waals surface area (Å²) >= 11 is 0. The number of hydrogen-bond donors (Lipinski definition) is 2. The van der Waals surface area contributed by atoms with E-state index in [2.05, 4.69) is 10.6 Å². The number of rotatable bonds is 7. The van der Waals surface area contributed by atoms with E-state index in [0.717, 1.165) is 11.6 Å². The molecule has 1 unspecified atom stereocenters. The Labute approximate surface area is 160 Å². The molecule has 8 heteroatoms. The largest absolute Gasteiger partial charge is 0.467 e. The molecular weight excluding hydrogens is 362 g/mol. The standard InChI is InChI=1S/C20H17N3O5/c24-18(13-21-20(25)15-8-4-9-16(12-15)23(26)27)22-19(17-10-5-11-28-17)14-6-2-1-3-7-14/h1-12,19H,13H2,(H,21,25)(H,22,24). The third-order valence-corrected chi connectivity index (χ3v) is 3.99. The third kappa shape index (κ3) is 4.61. The van der Waals surface area contributed by atoms with Crippen molar-refractivity contribution in [3.63, 3.8) is 0 Å². The SMILES string of the molecule is O=C(CNC(=O)c1cccc([N+](=O)[O-])c1)NC(c1ccccc1)c1ccco1. The van der Waals surface area contributed by atoms with Crippen LogP contribution in [0.4, 0.5) is 5.69 Å². The Morgan fingerprint density at radius 3 is 2.50 bits per heavy atom. The van der Waals surface area contributed by atoms with Gasteiger partial charge in [-0.05, 0) is 23.8 Å². The van der Waals surface area contributed by atoms with E-state index in [1.165, 1.54) is 24.5 Å². The smallest absolute Gasteiger partial charge is 0.270 e. The summed E-state index contributed by atoms with van der Waals surface area (Å²) in [5, 5.41) is 16.1. The van der Waals surface area contributed by atoms with Gasteiger partial charge in [0.15, 0.2) is 0 Å². The second-order valence-corrected chi connectivity index (χ2v) is 5.92. The van der Waals surface area contributed by atoms with Gasteiger partial charge in [-0.1, -0.05) is 36.4 Å². The number of nitrogens with one attached hydrogen (secondary N) is 2. The van der Waals surface area contributed by atoms with Gasteiger partial charge in [0.1, 0.15) is 11.8 Å². The highest BCUT2D eigenvalue weighted by Gasteiger charge is 2.20. The van der Waals surface area contributed by atoms with Crippen LogP contribution in [0.1, 0.15) is 27.7 Å². The number of nitro benzene ring substituents is 1. The number of nitrogens with zero attached hydrogens (tertiary/aromatic N) is 1. The molecule has 1 heterocycles. The molecule has 1 atom stereocenters. The van der Waals surface area contributed by atoms with E-state index in [-0.39, 0.29) is 17.8 Å². The van der Waals surface area contributed by atoms with Crippen LogP contribution in [0.25, 0.3) is 0 Å². The lowest BCUT2D eigenvalue weighted by atomic mass is 10.0. The van der Waals surface area contributed by atoms with Gasteiger partial charge >= 0.3 is 0 Å². The lowest BCUT2D eigenvalue weighted by molar-refractivity contribution is -0.384. The summed E-state index contributed by atoms with van der Waals surface area (Å²) in [4.78, 5) is 34.8. The van der Waals surface area contributed by atoms with Crippen molar-refractivity contribution in [3.05, 3.63) is 100.0 Å². The molecule has 0 saturated heterocycles. The van der Waals surface area contributed by atoms with Crippen molar-refractivity contribution >= 4 is 17.5 Å². The fraction of sp³-hybridized carbons (Fsp3) is 0.100. The molecule has 1 aromatic heterocycles. The minimum Gasteiger partial charge on any atom is -0.467 e. The summed E-state index contributed by atoms with van der Waals surface area (Å²) < 4.78 is 5.42. The fourth-order valence-corrected chi connectivity index (χ4v) is 2.66. The summed E-state index contributed by atoms with van der Waals surface area (Å²) in [6, 6.07) is 17.5. The number of amides is 2. The molecule has 142 valence electrons. The summed E-state index contributed by atoms with van der Waals surface area (Å²) in [5.74, 6) is -0.443. The van der Waals surface area contributed by atoms with Crippen LogP contribution in [0.5, 0.6) is 0 Å². The molecule has 0 aliphatic carbocycles. The zero-order valence-electron chi connectivity index (χ0n) is 14.7. The van der Waals surface area contributed by atoms with Crippen molar-refractivity contribution in [1.82, 2.24) is 10.6 Å². The first-order valence-electron chi connectivity index (χ1n) is 8.45. The second kappa shape index (κ2) is 8.63. The number of benzene rings is 2. The van der Waals surface area contributed by atoms with Gasteiger partial charge in [-0.3, -0.25) is 19.7 Å². The number of carbonyl (C=O) groups excluding carboxylic acids is 2. The monoisotopic (exact) mass is 379 g/mol. The Bertz CT molecular complexity index is 971. The van der Waals surface area contributed by atoms with E-state index < -0.39 is 22.8 Å². The van der Waals surface area contributed by atoms with Crippen LogP contribution in [0.15, 0.2) is 77.4 Å². The summed E-state index contributed by atoms with van der Waals surface area (Å²) in [6.45, 7) is -0.286. The maximum Gasteiger partial charge on any atom is 0.270 e. The van der Waals surface area contributed by atoms with Crippen LogP contribution in [0, 0.1) is 10.1 Å². The maximum absolute atomic E-state index is 12.4. The summed E-state index contributed by atoms with van der Waals surface area (Å²) in [5.41, 5.74) is 0.738. The molecule has 8 nitrogen and oxygen atoms in total. The van der Waals surface area contributed by atoms with Crippen LogP contribution in [-0.2, 0) is 4.79 Å². The van der Waals surface area contributed by atoms with Gasteiger partial charge in [-0.25, -0.2) is 0 Å². The van der Waals surface area contributed by atoms with Crippen LogP contribution < -0.4 is 10.6 Å². The van der Waals surface area contributed by atoms with Gasteiger partial charge in [0.25, 0.3) is 11.6 Å². The number of furan rings is 1. The molecule has 3 aromatic rings. The second-order valence-electron chi connectivity index (χ2n) is 5.92. The maximum atomic E-state index is 12.4. The first kappa shape index (κ1) is 18.8. The van der Waals surface area contributed by atoms with E-state index >= 15 is 0 Å². The van der Waals surface area contributed by atoms with Crippen molar-refractivity contribution in [1.29, 1.82) is 0 Å². The minimum atomic E-state index is -0.586. The van der Waals surface area contributed by atoms with E-state index in [4.69, 9.17) is 4.42 Å². The van der Waals surface area contributed by atoms with Gasteiger partial charge in [0.05, 0.1) is 17.7 Å². The average molecular weight is 379 g/mol. The van der Waals surface area contributed by atoms with Gasteiger partial charge in [-0.2, -0.15) is 0 Å². The highest BCUT2D eigenvalue weighted by Crippen LogP contribution is 2.22. The lowest BCUT2D eigenvalue weighted by Gasteiger charge is -2.17. The Kier molecular flexibility index (Phi) is 5.81. The first-order chi connectivity index (χ1) is 13.5. The third-order valence-electron chi connectivity index (χ3n) is 3.99. The summed E-state index contributed by atoms with van der Waals surface area (Å²) in [6.07, 6.45) is 1.52. The molecule has 0 radical (unpaired) electrons. The van der Waals surface area contributed by atoms with Crippen molar-refractivity contribution in [2.75, 3.05) is 6.54 Å². The molecule has 2 amide bonds. The van der Waals surface area contributed by atoms with E-state index in [0.29, 0.717) is 5.76 Å². The Balaban J connectivity index is 1.64. The highest BCUT2D eigenvalue weighted by molar-refractivity contribution is 5.97. The fourth-order valence-electron chi connectivity index (χ4n) is 2.66. The molecule has 0 aliphatic rings. The van der Waals surface area contributed by atoms with E-state index in [1.54, 1.807) is 12.1 Å². The van der Waals surface area contributed by atoms with Crippen molar-refractivity contribution in [2.45, 2.75) is 6.04 Å². The van der Waals surface area contributed by atoms with E-state index in [9.17, 15) is 19.7 Å². The number of non-ortho nitro benzene ring substituents is 1. The zero-order chi connectivity index (χ0) is 19.9. The molecule has 0 saturated carbocycles. The molecular formula is C20H17N3O5. The first-order valence-corrected chi connectivity index (χ1v) is 8.45. The van der Waals surface area contributed by atoms with Crippen molar-refractivity contribution < 1.29 is 18.9 Å². The van der Waals surface area contributed by atoms with Gasteiger partial charge in [0, 0.05) is 17.7 Å². The lowest BCUT2D eigenvalue weighted by Crippen LogP contribution is -2.39. The topological polar surface area (TPSA) is 114 Å². The molecule has 2 N–H and O–H groups in total. The van der Waals surface area contributed by atoms with Crippen LogP contribution in [-0.4, -0.2) is 23.3 Å². The van der Waals surface area contributed by atoms with E-state index in [1.807, 2.05) is 30.3 Å². The number of carbonyl (C=O) groups is 2. The number of hydrogen-bond acceptors (Lipinski definition) is 5. The quantitative estimate of drug-likeness (QED) is 0.484. The van der Waals surface area contributed by atoms with Gasteiger partial charge in [0.2, 0.25) is 5.91 Å². The summed E-state index contributed by atoms with van der Waals surface area (Å²) in [7, 11) is 0. The van der Waals surface area contributed by atoms with Crippen LogP contribution in [0.2, 0.25) is 0 Å². The normalized spacial score (nSPS) is 11.4. The molecule has 0 bridgehead atoms. The Morgan fingerprint density at radius 2 is 1.82 bits per heavy atom. The minimum absolute atomic E-state index is 0.104. The average Bonchev–Trinajstić information content (AvgIpc) is 3.25. The van der Waals surface area contributed by atoms with Gasteiger partial charge in [-0.15, -0.1) is 0 Å². The van der Waals surface area contributed by atoms with Crippen LogP contribution >= 0.6 is 0 Å². The molecule has 0 fully saturated rings. The molecule has 28 heavy (non-hydrogen) atoms. The Morgan fingerprint density at radius 1 is 1.04 bits per heavy atom. The van der Waals surface area contributed by atoms with Gasteiger partial charge < -0.3 is 15.1 Å². The predicted octanol–water partition coefficient (Wildman–Crippen LogP) is 2.82. The van der Waals surface area contributed by atoms with Crippen molar-refractivity contribution in [3.8, 4) is 0 Å². The highest BCUT2D eigenvalue weighted by atomic mass is 16.6. The molecule has 3 rings (SSSR count). The molecule has 0 spiro atoms. The van der Waals surface area contributed by atoms with Crippen molar-refractivity contribution in [2.24, 2.45) is 0 Å². The van der Waals surface area contributed by atoms with Crippen LogP contribution in [0.3, 0.4) is 0 Å². The molecule has 2 aromatic carbocycles. The number of nitro groups is 1. The molecule has 0 aliphatic heterocycles. The predicted molar refractivity (Wildman–Crippen MR) is 101 cm³/mol. The Hall–Kier alpha value is -3.94. The zero-order valence-corrected chi connectivity index (χ0v) is 14.7.